The monoisotopic (exact) mass is 459 g/mol. The standard InChI is InChI=1S/C25H37N3O3.CH4O/c1-6-13-21(7-2)24(26-5)25(22-14-9-8-10-15-22)27-19-28(20(3)4)16-11-12-17-31-18-23(29)30;1-2/h6-7,9,13-15,19-20,24-25H,1-2,5,8,10-12,16-18H2,3-4H3,(H,29,30);2H,1H3/b21-13+,27-19?;. The maximum absolute atomic E-state index is 10.5. The first-order valence-electron chi connectivity index (χ1n) is 11.2. The van der Waals surface area contributed by atoms with Crippen molar-refractivity contribution in [3.8, 4) is 0 Å². The van der Waals surface area contributed by atoms with Crippen LogP contribution in [0, 0.1) is 0 Å². The zero-order valence-electron chi connectivity index (χ0n) is 20.4. The lowest BCUT2D eigenvalue weighted by atomic mass is 9.90. The normalized spacial score (nSPS) is 15.3. The Morgan fingerprint density at radius 3 is 2.52 bits per heavy atom. The van der Waals surface area contributed by atoms with Crippen molar-refractivity contribution < 1.29 is 19.7 Å². The molecule has 0 saturated carbocycles. The van der Waals surface area contributed by atoms with E-state index in [0.29, 0.717) is 6.61 Å². The molecule has 2 N–H and O–H groups in total. The number of rotatable bonds is 16. The summed E-state index contributed by atoms with van der Waals surface area (Å²) in [6.45, 7) is 16.8. The third-order valence-electron chi connectivity index (χ3n) is 4.97. The molecule has 1 rings (SSSR count). The summed E-state index contributed by atoms with van der Waals surface area (Å²) in [5.41, 5.74) is 2.06. The van der Waals surface area contributed by atoms with Gasteiger partial charge in [0.1, 0.15) is 18.7 Å². The van der Waals surface area contributed by atoms with Crippen LogP contribution in [0.1, 0.15) is 39.5 Å². The molecule has 0 heterocycles. The van der Waals surface area contributed by atoms with Gasteiger partial charge in [0.15, 0.2) is 0 Å². The third-order valence-corrected chi connectivity index (χ3v) is 4.97. The van der Waals surface area contributed by atoms with E-state index in [2.05, 4.69) is 61.8 Å². The van der Waals surface area contributed by atoms with Crippen molar-refractivity contribution >= 4 is 19.0 Å². The largest absolute Gasteiger partial charge is 0.480 e. The fourth-order valence-electron chi connectivity index (χ4n) is 3.28. The van der Waals surface area contributed by atoms with Crippen LogP contribution < -0.4 is 0 Å². The molecule has 0 aromatic rings. The molecule has 2 unspecified atom stereocenters. The van der Waals surface area contributed by atoms with Gasteiger partial charge in [-0.15, -0.1) is 0 Å². The van der Waals surface area contributed by atoms with Crippen molar-refractivity contribution in [3.63, 3.8) is 0 Å². The topological polar surface area (TPSA) is 94.7 Å². The van der Waals surface area contributed by atoms with Gasteiger partial charge in [-0.1, -0.05) is 49.6 Å². The number of aliphatic imine (C=N–C) groups is 2. The van der Waals surface area contributed by atoms with Crippen LogP contribution in [0.25, 0.3) is 0 Å². The summed E-state index contributed by atoms with van der Waals surface area (Å²) < 4.78 is 5.11. The number of nitrogens with zero attached hydrogens (tertiary/aromatic N) is 3. The Hall–Kier alpha value is -2.77. The van der Waals surface area contributed by atoms with Crippen molar-refractivity contribution in [1.82, 2.24) is 4.90 Å². The molecule has 0 aromatic heterocycles. The molecule has 184 valence electrons. The molecule has 0 aromatic carbocycles. The van der Waals surface area contributed by atoms with E-state index in [-0.39, 0.29) is 24.7 Å². The van der Waals surface area contributed by atoms with Gasteiger partial charge in [0.2, 0.25) is 0 Å². The first-order chi connectivity index (χ1) is 15.9. The van der Waals surface area contributed by atoms with Gasteiger partial charge in [-0.25, -0.2) is 4.79 Å². The van der Waals surface area contributed by atoms with Crippen LogP contribution in [0.5, 0.6) is 0 Å². The maximum atomic E-state index is 10.5. The van der Waals surface area contributed by atoms with E-state index in [0.717, 1.165) is 50.5 Å². The van der Waals surface area contributed by atoms with E-state index < -0.39 is 5.97 Å². The summed E-state index contributed by atoms with van der Waals surface area (Å²) in [6, 6.07) is -0.171. The summed E-state index contributed by atoms with van der Waals surface area (Å²) in [6.07, 6.45) is 17.5. The van der Waals surface area contributed by atoms with E-state index in [1.807, 2.05) is 12.4 Å². The van der Waals surface area contributed by atoms with Gasteiger partial charge in [-0.3, -0.25) is 9.98 Å². The highest BCUT2D eigenvalue weighted by Crippen LogP contribution is 2.25. The van der Waals surface area contributed by atoms with Crippen molar-refractivity contribution in [2.24, 2.45) is 9.98 Å². The first kappa shape index (κ1) is 30.2. The Bertz CT molecular complexity index is 723. The highest BCUT2D eigenvalue weighted by molar-refractivity contribution is 5.68. The minimum atomic E-state index is -0.942. The van der Waals surface area contributed by atoms with Crippen LogP contribution in [0.2, 0.25) is 0 Å². The van der Waals surface area contributed by atoms with Gasteiger partial charge < -0.3 is 19.8 Å². The summed E-state index contributed by atoms with van der Waals surface area (Å²) >= 11 is 0. The van der Waals surface area contributed by atoms with Gasteiger partial charge in [0.05, 0.1) is 6.34 Å². The third kappa shape index (κ3) is 12.2. The van der Waals surface area contributed by atoms with Crippen LogP contribution in [0.4, 0.5) is 0 Å². The zero-order chi connectivity index (χ0) is 25.1. The molecular weight excluding hydrogens is 418 g/mol. The summed E-state index contributed by atoms with van der Waals surface area (Å²) in [7, 11) is 1.00. The fraction of sp³-hybridized carbons (Fsp3) is 0.500. The Morgan fingerprint density at radius 1 is 1.27 bits per heavy atom. The number of carboxylic acid groups (broad SMARTS) is 1. The molecule has 33 heavy (non-hydrogen) atoms. The second-order valence-electron chi connectivity index (χ2n) is 7.61. The molecule has 0 aliphatic heterocycles. The van der Waals surface area contributed by atoms with Gasteiger partial charge in [-0.05, 0) is 57.4 Å². The number of aliphatic hydroxyl groups is 1. The summed E-state index contributed by atoms with van der Waals surface area (Å²) in [5, 5.41) is 15.6. The highest BCUT2D eigenvalue weighted by atomic mass is 16.5. The average Bonchev–Trinajstić information content (AvgIpc) is 2.82. The first-order valence-corrected chi connectivity index (χ1v) is 11.2. The van der Waals surface area contributed by atoms with Gasteiger partial charge in [-0.2, -0.15) is 0 Å². The van der Waals surface area contributed by atoms with Crippen molar-refractivity contribution in [3.05, 3.63) is 60.8 Å². The number of hydrogen-bond acceptors (Lipinski definition) is 5. The molecule has 7 nitrogen and oxygen atoms in total. The molecule has 0 spiro atoms. The number of hydrogen-bond donors (Lipinski definition) is 2. The zero-order valence-corrected chi connectivity index (χ0v) is 20.4. The van der Waals surface area contributed by atoms with Gasteiger partial charge in [0, 0.05) is 26.3 Å². The highest BCUT2D eigenvalue weighted by Gasteiger charge is 2.25. The molecule has 2 atom stereocenters. The lowest BCUT2D eigenvalue weighted by molar-refractivity contribution is -0.142. The molecule has 1 aliphatic carbocycles. The average molecular weight is 460 g/mol. The Balaban J connectivity index is 0.00000497. The number of allylic oxidation sites excluding steroid dienone is 4. The Kier molecular flexibility index (Phi) is 17.2. The number of unbranched alkanes of at least 4 members (excludes halogenated alkanes) is 1. The molecule has 0 amide bonds. The van der Waals surface area contributed by atoms with Crippen molar-refractivity contribution in [2.75, 3.05) is 26.9 Å². The lowest BCUT2D eigenvalue weighted by Crippen LogP contribution is -2.33. The lowest BCUT2D eigenvalue weighted by Gasteiger charge is -2.28. The van der Waals surface area contributed by atoms with Gasteiger partial charge >= 0.3 is 5.97 Å². The number of carboxylic acids is 1. The predicted molar refractivity (Wildman–Crippen MR) is 138 cm³/mol. The number of aliphatic carboxylic acids is 1. The Morgan fingerprint density at radius 2 is 2.00 bits per heavy atom. The van der Waals surface area contributed by atoms with E-state index >= 15 is 0 Å². The SMILES string of the molecule is C=C/C=C(\C=C)C(N=C)C(N=CN(CCCCOCC(=O)O)C(C)C)C1=CCCC=C1.CO. The number of ether oxygens (including phenoxy) is 1. The minimum absolute atomic E-state index is 0.196. The molecular formula is C26H41N3O4. The van der Waals surface area contributed by atoms with Crippen LogP contribution >= 0.6 is 0 Å². The molecule has 0 saturated heterocycles. The summed E-state index contributed by atoms with van der Waals surface area (Å²) in [4.78, 5) is 22.0. The molecule has 1 aliphatic rings. The van der Waals surface area contributed by atoms with Crippen LogP contribution in [-0.2, 0) is 9.53 Å². The predicted octanol–water partition coefficient (Wildman–Crippen LogP) is 4.23. The van der Waals surface area contributed by atoms with Crippen LogP contribution in [-0.4, -0.2) is 79.1 Å². The minimum Gasteiger partial charge on any atom is -0.480 e. The Labute approximate surface area is 199 Å². The quantitative estimate of drug-likeness (QED) is 0.156. The molecule has 0 radical (unpaired) electrons. The second kappa shape index (κ2) is 18.8. The van der Waals surface area contributed by atoms with E-state index in [4.69, 9.17) is 19.9 Å². The summed E-state index contributed by atoms with van der Waals surface area (Å²) in [5.74, 6) is -0.942. The van der Waals surface area contributed by atoms with E-state index in [1.165, 1.54) is 0 Å². The van der Waals surface area contributed by atoms with E-state index in [9.17, 15) is 4.79 Å². The number of aliphatic hydroxyl groups excluding tert-OH is 1. The van der Waals surface area contributed by atoms with Crippen molar-refractivity contribution in [2.45, 2.75) is 57.7 Å². The molecule has 0 fully saturated rings. The fourth-order valence-corrected chi connectivity index (χ4v) is 3.28. The van der Waals surface area contributed by atoms with Crippen LogP contribution in [0.15, 0.2) is 70.7 Å². The maximum Gasteiger partial charge on any atom is 0.329 e. The second-order valence-corrected chi connectivity index (χ2v) is 7.61. The van der Waals surface area contributed by atoms with E-state index in [1.54, 1.807) is 12.2 Å². The smallest absolute Gasteiger partial charge is 0.329 e. The van der Waals surface area contributed by atoms with Crippen LogP contribution in [0.3, 0.4) is 0 Å². The van der Waals surface area contributed by atoms with Crippen molar-refractivity contribution in [1.29, 1.82) is 0 Å². The molecule has 7 heteroatoms. The van der Waals surface area contributed by atoms with Gasteiger partial charge in [0.25, 0.3) is 0 Å². The number of carbonyl (C=O) groups is 1. The molecule has 0 bridgehead atoms.